The molecule has 2 aromatic rings. The van der Waals surface area contributed by atoms with Gasteiger partial charge in [-0.05, 0) is 50.1 Å². The summed E-state index contributed by atoms with van der Waals surface area (Å²) in [5, 5.41) is 7.24. The zero-order valence-corrected chi connectivity index (χ0v) is 14.1. The molecule has 2 aromatic carbocycles. The number of amidine groups is 1. The van der Waals surface area contributed by atoms with Crippen LogP contribution >= 0.6 is 43.5 Å². The summed E-state index contributed by atoms with van der Waals surface area (Å²) in [7, 11) is 0. The Morgan fingerprint density at radius 3 is 2.48 bits per heavy atom. The van der Waals surface area contributed by atoms with Crippen molar-refractivity contribution in [1.29, 1.82) is 5.41 Å². The standard InChI is InChI=1S/C13H7Br2ClF2N2O/c14-6-3-7(16)8(17)4-10(6)21-9-2-1-5(13(19)20)11(15)12(9)18/h1-4H,(H3,19,20). The second-order valence-electron chi connectivity index (χ2n) is 3.95. The number of hydrogen-bond donors (Lipinski definition) is 2. The van der Waals surface area contributed by atoms with Crippen LogP contribution in [-0.4, -0.2) is 5.84 Å². The number of nitrogens with one attached hydrogen (secondary N) is 1. The first-order valence-corrected chi connectivity index (χ1v) is 7.42. The molecular formula is C13H7Br2ClF2N2O. The van der Waals surface area contributed by atoms with Gasteiger partial charge in [0.25, 0.3) is 0 Å². The molecule has 0 fully saturated rings. The minimum atomic E-state index is -0.745. The highest BCUT2D eigenvalue weighted by Gasteiger charge is 2.16. The Bertz CT molecular complexity index is 741. The molecule has 0 aliphatic heterocycles. The van der Waals surface area contributed by atoms with Crippen LogP contribution in [0.2, 0.25) is 5.02 Å². The summed E-state index contributed by atoms with van der Waals surface area (Å²) >= 11 is 11.8. The highest BCUT2D eigenvalue weighted by atomic mass is 79.9. The lowest BCUT2D eigenvalue weighted by molar-refractivity contribution is 0.434. The first-order valence-electron chi connectivity index (χ1n) is 5.46. The normalized spacial score (nSPS) is 10.5. The van der Waals surface area contributed by atoms with Gasteiger partial charge in [0.2, 0.25) is 0 Å². The molecule has 0 aromatic heterocycles. The Kier molecular flexibility index (Phi) is 4.85. The second-order valence-corrected chi connectivity index (χ2v) is 6.01. The predicted molar refractivity (Wildman–Crippen MR) is 84.3 cm³/mol. The van der Waals surface area contributed by atoms with E-state index in [9.17, 15) is 8.78 Å². The number of nitrogen functional groups attached to an aromatic ring is 1. The summed E-state index contributed by atoms with van der Waals surface area (Å²) in [5.41, 5.74) is 5.52. The smallest absolute Gasteiger partial charge is 0.180 e. The molecule has 0 radical (unpaired) electrons. The fourth-order valence-corrected chi connectivity index (χ4v) is 2.78. The number of ether oxygens (including phenoxy) is 1. The number of benzene rings is 2. The number of nitrogens with two attached hydrogens (primary N) is 1. The third-order valence-corrected chi connectivity index (χ3v) is 4.22. The average Bonchev–Trinajstić information content (AvgIpc) is 2.40. The van der Waals surface area contributed by atoms with Gasteiger partial charge in [0.15, 0.2) is 11.6 Å². The highest BCUT2D eigenvalue weighted by Crippen LogP contribution is 2.36. The third-order valence-electron chi connectivity index (χ3n) is 2.53. The molecule has 21 heavy (non-hydrogen) atoms. The van der Waals surface area contributed by atoms with Crippen molar-refractivity contribution in [3.63, 3.8) is 0 Å². The maximum atomic E-state index is 14.2. The lowest BCUT2D eigenvalue weighted by atomic mass is 10.2. The third kappa shape index (κ3) is 3.36. The Labute approximate surface area is 140 Å². The van der Waals surface area contributed by atoms with Crippen LogP contribution in [0.15, 0.2) is 33.2 Å². The molecule has 0 amide bonds. The summed E-state index contributed by atoms with van der Waals surface area (Å²) < 4.78 is 33.3. The molecule has 0 aliphatic carbocycles. The minimum Gasteiger partial charge on any atom is -0.453 e. The van der Waals surface area contributed by atoms with Crippen molar-refractivity contribution in [2.75, 3.05) is 0 Å². The van der Waals surface area contributed by atoms with Gasteiger partial charge < -0.3 is 10.5 Å². The van der Waals surface area contributed by atoms with E-state index in [1.54, 1.807) is 0 Å². The maximum Gasteiger partial charge on any atom is 0.180 e. The lowest BCUT2D eigenvalue weighted by Gasteiger charge is -2.12. The second kappa shape index (κ2) is 6.29. The quantitative estimate of drug-likeness (QED) is 0.391. The molecule has 0 bridgehead atoms. The van der Waals surface area contributed by atoms with Crippen molar-refractivity contribution in [1.82, 2.24) is 0 Å². The molecule has 110 valence electrons. The van der Waals surface area contributed by atoms with Crippen molar-refractivity contribution in [3.05, 3.63) is 55.4 Å². The number of hydrogen-bond acceptors (Lipinski definition) is 2. The molecule has 0 spiro atoms. The summed E-state index contributed by atoms with van der Waals surface area (Å²) in [4.78, 5) is 0. The molecule has 3 N–H and O–H groups in total. The van der Waals surface area contributed by atoms with Crippen molar-refractivity contribution >= 4 is 49.3 Å². The van der Waals surface area contributed by atoms with Crippen LogP contribution in [0.1, 0.15) is 5.56 Å². The van der Waals surface area contributed by atoms with Crippen molar-refractivity contribution in [3.8, 4) is 11.5 Å². The molecule has 0 heterocycles. The topological polar surface area (TPSA) is 59.1 Å². The van der Waals surface area contributed by atoms with Crippen LogP contribution in [0.5, 0.6) is 11.5 Å². The van der Waals surface area contributed by atoms with Crippen LogP contribution in [0.4, 0.5) is 8.78 Å². The van der Waals surface area contributed by atoms with E-state index in [4.69, 9.17) is 27.5 Å². The van der Waals surface area contributed by atoms with Crippen LogP contribution in [-0.2, 0) is 0 Å². The minimum absolute atomic E-state index is 0.00180. The molecule has 0 unspecified atom stereocenters. The lowest BCUT2D eigenvalue weighted by Crippen LogP contribution is -2.12. The predicted octanol–water partition coefficient (Wildman–Crippen LogP) is 5.22. The van der Waals surface area contributed by atoms with Gasteiger partial charge in [-0.25, -0.2) is 8.78 Å². The van der Waals surface area contributed by atoms with Gasteiger partial charge in [-0.15, -0.1) is 0 Å². The summed E-state index contributed by atoms with van der Waals surface area (Å²) in [6, 6.07) is 5.07. The van der Waals surface area contributed by atoms with Crippen LogP contribution in [0.25, 0.3) is 0 Å². The Morgan fingerprint density at radius 2 is 1.86 bits per heavy atom. The molecular weight excluding hydrogens is 433 g/mol. The van der Waals surface area contributed by atoms with Gasteiger partial charge in [-0.3, -0.25) is 5.41 Å². The van der Waals surface area contributed by atoms with Gasteiger partial charge in [0, 0.05) is 11.6 Å². The monoisotopic (exact) mass is 438 g/mol. The molecule has 3 nitrogen and oxygen atoms in total. The summed E-state index contributed by atoms with van der Waals surface area (Å²) in [5.74, 6) is -1.79. The van der Waals surface area contributed by atoms with Gasteiger partial charge in [0.1, 0.15) is 17.4 Å². The van der Waals surface area contributed by atoms with Crippen molar-refractivity contribution in [2.24, 2.45) is 5.73 Å². The first-order chi connectivity index (χ1) is 9.81. The van der Waals surface area contributed by atoms with E-state index in [-0.39, 0.29) is 32.4 Å². The Balaban J connectivity index is 2.43. The number of rotatable bonds is 3. The fraction of sp³-hybridized carbons (Fsp3) is 0. The van der Waals surface area contributed by atoms with Crippen LogP contribution in [0.3, 0.4) is 0 Å². The Morgan fingerprint density at radius 1 is 1.19 bits per heavy atom. The molecule has 0 aliphatic rings. The van der Waals surface area contributed by atoms with E-state index >= 15 is 0 Å². The van der Waals surface area contributed by atoms with Gasteiger partial charge >= 0.3 is 0 Å². The van der Waals surface area contributed by atoms with E-state index in [1.165, 1.54) is 18.2 Å². The van der Waals surface area contributed by atoms with Crippen LogP contribution < -0.4 is 10.5 Å². The highest BCUT2D eigenvalue weighted by molar-refractivity contribution is 9.10. The van der Waals surface area contributed by atoms with E-state index in [0.29, 0.717) is 4.47 Å². The van der Waals surface area contributed by atoms with E-state index < -0.39 is 11.6 Å². The van der Waals surface area contributed by atoms with Crippen molar-refractivity contribution < 1.29 is 13.5 Å². The first kappa shape index (κ1) is 16.2. The van der Waals surface area contributed by atoms with E-state index in [1.807, 2.05) is 0 Å². The van der Waals surface area contributed by atoms with Gasteiger partial charge in [0.05, 0.1) is 14.0 Å². The molecule has 0 saturated carbocycles. The molecule has 2 rings (SSSR count). The molecule has 0 saturated heterocycles. The molecule has 0 atom stereocenters. The largest absolute Gasteiger partial charge is 0.453 e. The maximum absolute atomic E-state index is 14.2. The van der Waals surface area contributed by atoms with E-state index in [0.717, 1.165) is 6.07 Å². The summed E-state index contributed by atoms with van der Waals surface area (Å²) in [6.07, 6.45) is 0. The van der Waals surface area contributed by atoms with Gasteiger partial charge in [-0.2, -0.15) is 0 Å². The zero-order chi connectivity index (χ0) is 15.7. The average molecular weight is 440 g/mol. The zero-order valence-electron chi connectivity index (χ0n) is 10.2. The fourth-order valence-electron chi connectivity index (χ4n) is 1.52. The SMILES string of the molecule is N=C(N)c1ccc(Oc2cc(F)c(Cl)cc2Br)c(F)c1Br. The molecule has 8 heteroatoms. The number of halogens is 5. The van der Waals surface area contributed by atoms with E-state index in [2.05, 4.69) is 31.9 Å². The Hall–Kier alpha value is -1.18. The van der Waals surface area contributed by atoms with Crippen LogP contribution in [0, 0.1) is 17.0 Å². The summed E-state index contributed by atoms with van der Waals surface area (Å²) in [6.45, 7) is 0. The van der Waals surface area contributed by atoms with Gasteiger partial charge in [-0.1, -0.05) is 11.6 Å². The van der Waals surface area contributed by atoms with Crippen molar-refractivity contribution in [2.45, 2.75) is 0 Å².